The van der Waals surface area contributed by atoms with Gasteiger partial charge in [0.25, 0.3) is 0 Å². The van der Waals surface area contributed by atoms with Crippen LogP contribution in [0.4, 0.5) is 0 Å². The summed E-state index contributed by atoms with van der Waals surface area (Å²) in [7, 11) is 0. The van der Waals surface area contributed by atoms with Crippen LogP contribution in [0.3, 0.4) is 0 Å². The van der Waals surface area contributed by atoms with Gasteiger partial charge < -0.3 is 5.11 Å². The summed E-state index contributed by atoms with van der Waals surface area (Å²) in [5.74, 6) is -0.815. The first kappa shape index (κ1) is 12.6. The van der Waals surface area contributed by atoms with Gasteiger partial charge in [-0.25, -0.2) is 0 Å². The van der Waals surface area contributed by atoms with Crippen molar-refractivity contribution in [2.24, 2.45) is 0 Å². The summed E-state index contributed by atoms with van der Waals surface area (Å²) in [6, 6.07) is 5.61. The summed E-state index contributed by atoms with van der Waals surface area (Å²) in [4.78, 5) is 15.3. The number of carboxylic acids is 1. The van der Waals surface area contributed by atoms with Gasteiger partial charge in [0.1, 0.15) is 5.54 Å². The van der Waals surface area contributed by atoms with Crippen LogP contribution in [0.25, 0.3) is 0 Å². The summed E-state index contributed by atoms with van der Waals surface area (Å²) in [5, 5.41) is 12.2. The maximum absolute atomic E-state index is 11.1. The molecule has 0 amide bonds. The van der Waals surface area contributed by atoms with Gasteiger partial charge in [0.05, 0.1) is 5.69 Å². The van der Waals surface area contributed by atoms with E-state index in [-0.39, 0.29) is 0 Å². The standard InChI is InChI=1S/C12H18N2O2/c1-3-7-12(2,11(15)16)14-9-10-6-4-5-8-13-10/h4-6,8,14H,3,7,9H2,1-2H3,(H,15,16). The number of nitrogens with zero attached hydrogens (tertiary/aromatic N) is 1. The Morgan fingerprint density at radius 2 is 2.31 bits per heavy atom. The molecule has 0 aliphatic carbocycles. The average molecular weight is 222 g/mol. The van der Waals surface area contributed by atoms with E-state index in [0.717, 1.165) is 12.1 Å². The fraction of sp³-hybridized carbons (Fsp3) is 0.500. The molecule has 0 aliphatic rings. The van der Waals surface area contributed by atoms with E-state index in [2.05, 4.69) is 10.3 Å². The molecule has 16 heavy (non-hydrogen) atoms. The lowest BCUT2D eigenvalue weighted by molar-refractivity contribution is -0.144. The lowest BCUT2D eigenvalue weighted by Crippen LogP contribution is -2.49. The molecular weight excluding hydrogens is 204 g/mol. The Balaban J connectivity index is 2.60. The SMILES string of the molecule is CCCC(C)(NCc1ccccn1)C(=O)O. The van der Waals surface area contributed by atoms with Gasteiger partial charge in [-0.05, 0) is 25.5 Å². The van der Waals surface area contributed by atoms with Crippen molar-refractivity contribution in [3.63, 3.8) is 0 Å². The maximum atomic E-state index is 11.1. The molecule has 0 spiro atoms. The molecule has 0 radical (unpaired) electrons. The topological polar surface area (TPSA) is 62.2 Å². The molecule has 0 saturated heterocycles. The second kappa shape index (κ2) is 5.61. The van der Waals surface area contributed by atoms with Crippen LogP contribution in [0.2, 0.25) is 0 Å². The number of hydrogen-bond donors (Lipinski definition) is 2. The minimum absolute atomic E-state index is 0.476. The Labute approximate surface area is 95.7 Å². The van der Waals surface area contributed by atoms with Crippen molar-refractivity contribution in [2.45, 2.75) is 38.8 Å². The van der Waals surface area contributed by atoms with Crippen LogP contribution in [0.1, 0.15) is 32.4 Å². The van der Waals surface area contributed by atoms with Crippen molar-refractivity contribution >= 4 is 5.97 Å². The molecule has 0 fully saturated rings. The molecule has 2 N–H and O–H groups in total. The molecule has 1 aromatic rings. The van der Waals surface area contributed by atoms with Crippen molar-refractivity contribution < 1.29 is 9.90 Å². The molecule has 4 heteroatoms. The Morgan fingerprint density at radius 3 is 2.81 bits per heavy atom. The second-order valence-corrected chi connectivity index (χ2v) is 4.06. The largest absolute Gasteiger partial charge is 0.480 e. The number of carbonyl (C=O) groups is 1. The zero-order valence-corrected chi connectivity index (χ0v) is 9.73. The molecule has 0 aromatic carbocycles. The third-order valence-corrected chi connectivity index (χ3v) is 2.61. The number of nitrogens with one attached hydrogen (secondary N) is 1. The minimum atomic E-state index is -0.869. The first-order chi connectivity index (χ1) is 7.58. The monoisotopic (exact) mass is 222 g/mol. The Hall–Kier alpha value is -1.42. The maximum Gasteiger partial charge on any atom is 0.323 e. The second-order valence-electron chi connectivity index (χ2n) is 4.06. The highest BCUT2D eigenvalue weighted by Crippen LogP contribution is 2.13. The zero-order valence-electron chi connectivity index (χ0n) is 9.73. The molecule has 0 saturated carbocycles. The van der Waals surface area contributed by atoms with E-state index in [0.29, 0.717) is 13.0 Å². The predicted molar refractivity (Wildman–Crippen MR) is 62.0 cm³/mol. The highest BCUT2D eigenvalue weighted by Gasteiger charge is 2.31. The Kier molecular flexibility index (Phi) is 4.43. The van der Waals surface area contributed by atoms with Crippen molar-refractivity contribution in [1.29, 1.82) is 0 Å². The van der Waals surface area contributed by atoms with E-state index in [1.54, 1.807) is 13.1 Å². The van der Waals surface area contributed by atoms with Gasteiger partial charge in [-0.1, -0.05) is 19.4 Å². The van der Waals surface area contributed by atoms with Gasteiger partial charge in [0, 0.05) is 12.7 Å². The van der Waals surface area contributed by atoms with Crippen molar-refractivity contribution in [1.82, 2.24) is 10.3 Å². The van der Waals surface area contributed by atoms with Gasteiger partial charge >= 0.3 is 5.97 Å². The van der Waals surface area contributed by atoms with Crippen LogP contribution in [0.5, 0.6) is 0 Å². The van der Waals surface area contributed by atoms with E-state index < -0.39 is 11.5 Å². The fourth-order valence-corrected chi connectivity index (χ4v) is 1.56. The minimum Gasteiger partial charge on any atom is -0.480 e. The predicted octanol–water partition coefficient (Wildman–Crippen LogP) is 1.81. The van der Waals surface area contributed by atoms with Crippen LogP contribution in [-0.4, -0.2) is 21.6 Å². The van der Waals surface area contributed by atoms with Crippen molar-refractivity contribution in [2.75, 3.05) is 0 Å². The van der Waals surface area contributed by atoms with Gasteiger partial charge in [-0.2, -0.15) is 0 Å². The molecule has 88 valence electrons. The van der Waals surface area contributed by atoms with Gasteiger partial charge in [0.2, 0.25) is 0 Å². The van der Waals surface area contributed by atoms with E-state index in [4.69, 9.17) is 5.11 Å². The lowest BCUT2D eigenvalue weighted by atomic mass is 9.96. The van der Waals surface area contributed by atoms with Crippen LogP contribution in [0.15, 0.2) is 24.4 Å². The smallest absolute Gasteiger partial charge is 0.323 e. The summed E-state index contributed by atoms with van der Waals surface area (Å²) in [6.45, 7) is 4.16. The molecule has 1 heterocycles. The van der Waals surface area contributed by atoms with Crippen LogP contribution in [-0.2, 0) is 11.3 Å². The van der Waals surface area contributed by atoms with Gasteiger partial charge in [-0.15, -0.1) is 0 Å². The molecule has 0 bridgehead atoms. The third kappa shape index (κ3) is 3.31. The first-order valence-corrected chi connectivity index (χ1v) is 5.47. The number of aromatic nitrogens is 1. The number of aliphatic carboxylic acids is 1. The molecule has 4 nitrogen and oxygen atoms in total. The molecule has 1 atom stereocenters. The van der Waals surface area contributed by atoms with Gasteiger partial charge in [-0.3, -0.25) is 15.1 Å². The molecule has 1 unspecified atom stereocenters. The molecule has 1 aromatic heterocycles. The number of hydrogen-bond acceptors (Lipinski definition) is 3. The van der Waals surface area contributed by atoms with E-state index in [9.17, 15) is 4.79 Å². The van der Waals surface area contributed by atoms with Crippen LogP contribution in [0, 0.1) is 0 Å². The fourth-order valence-electron chi connectivity index (χ4n) is 1.56. The summed E-state index contributed by atoms with van der Waals surface area (Å²) in [6.07, 6.45) is 3.14. The first-order valence-electron chi connectivity index (χ1n) is 5.47. The van der Waals surface area contributed by atoms with Gasteiger partial charge in [0.15, 0.2) is 0 Å². The summed E-state index contributed by atoms with van der Waals surface area (Å²) in [5.41, 5.74) is -0.0159. The van der Waals surface area contributed by atoms with E-state index in [1.165, 1.54) is 0 Å². The Bertz CT molecular complexity index is 340. The molecular formula is C12H18N2O2. The van der Waals surface area contributed by atoms with E-state index in [1.807, 2.05) is 25.1 Å². The number of pyridine rings is 1. The zero-order chi connectivity index (χ0) is 12.0. The molecule has 0 aliphatic heterocycles. The third-order valence-electron chi connectivity index (χ3n) is 2.61. The molecule has 1 rings (SSSR count). The van der Waals surface area contributed by atoms with Crippen molar-refractivity contribution in [3.8, 4) is 0 Å². The highest BCUT2D eigenvalue weighted by atomic mass is 16.4. The van der Waals surface area contributed by atoms with Crippen LogP contribution < -0.4 is 5.32 Å². The van der Waals surface area contributed by atoms with Crippen LogP contribution >= 0.6 is 0 Å². The average Bonchev–Trinajstić information content (AvgIpc) is 2.28. The lowest BCUT2D eigenvalue weighted by Gasteiger charge is -2.25. The van der Waals surface area contributed by atoms with E-state index >= 15 is 0 Å². The normalized spacial score (nSPS) is 14.4. The number of carboxylic acid groups (broad SMARTS) is 1. The quantitative estimate of drug-likeness (QED) is 0.770. The van der Waals surface area contributed by atoms with Crippen molar-refractivity contribution in [3.05, 3.63) is 30.1 Å². The summed E-state index contributed by atoms with van der Waals surface area (Å²) >= 11 is 0. The summed E-state index contributed by atoms with van der Waals surface area (Å²) < 4.78 is 0. The number of rotatable bonds is 6. The Morgan fingerprint density at radius 1 is 1.56 bits per heavy atom. The highest BCUT2D eigenvalue weighted by molar-refractivity contribution is 5.78.